The Labute approximate surface area is 195 Å². The first-order valence-corrected chi connectivity index (χ1v) is 12.5. The number of rotatable bonds is 4. The van der Waals surface area contributed by atoms with Crippen molar-refractivity contribution in [3.05, 3.63) is 72.8 Å². The van der Waals surface area contributed by atoms with Crippen molar-refractivity contribution < 1.29 is 17.2 Å². The van der Waals surface area contributed by atoms with Crippen LogP contribution in [0.25, 0.3) is 22.2 Å². The van der Waals surface area contributed by atoms with E-state index in [9.17, 15) is 8.42 Å². The molecule has 0 amide bonds. The lowest BCUT2D eigenvalue weighted by Crippen LogP contribution is -2.52. The molecule has 2 saturated heterocycles. The number of nitrogens with one attached hydrogen (secondary N) is 1. The Kier molecular flexibility index (Phi) is 4.89. The van der Waals surface area contributed by atoms with Gasteiger partial charge in [0.2, 0.25) is 0 Å². The first kappa shape index (κ1) is 21.2. The van der Waals surface area contributed by atoms with Crippen molar-refractivity contribution in [2.24, 2.45) is 0 Å². The number of piperazine rings is 1. The number of halogens is 2. The Morgan fingerprint density at radius 2 is 1.74 bits per heavy atom. The van der Waals surface area contributed by atoms with Crippen LogP contribution in [-0.4, -0.2) is 47.5 Å². The van der Waals surface area contributed by atoms with Gasteiger partial charge in [-0.2, -0.15) is 0 Å². The molecular formula is C24H21F2N5O2S. The second-order valence-corrected chi connectivity index (χ2v) is 10.5. The summed E-state index contributed by atoms with van der Waals surface area (Å²) in [7, 11) is -4.28. The Morgan fingerprint density at radius 3 is 2.41 bits per heavy atom. The molecule has 0 aliphatic carbocycles. The van der Waals surface area contributed by atoms with Gasteiger partial charge in [0.05, 0.1) is 22.3 Å². The molecule has 4 aromatic rings. The lowest BCUT2D eigenvalue weighted by atomic mass is 10.1. The number of fused-ring (bicyclic) bond motifs is 3. The number of hydrogen-bond donors (Lipinski definition) is 1. The summed E-state index contributed by atoms with van der Waals surface area (Å²) in [4.78, 5) is 9.81. The van der Waals surface area contributed by atoms with Gasteiger partial charge in [-0.25, -0.2) is 21.2 Å². The monoisotopic (exact) mass is 481 g/mol. The molecule has 5 heterocycles. The molecule has 1 aromatic carbocycles. The van der Waals surface area contributed by atoms with Crippen LogP contribution in [0.15, 0.2) is 66.1 Å². The lowest BCUT2D eigenvalue weighted by molar-refractivity contribution is 0.462. The van der Waals surface area contributed by atoms with Crippen LogP contribution in [-0.2, 0) is 10.0 Å². The summed E-state index contributed by atoms with van der Waals surface area (Å²) >= 11 is 0. The Bertz CT molecular complexity index is 1470. The summed E-state index contributed by atoms with van der Waals surface area (Å²) < 4.78 is 58.4. The van der Waals surface area contributed by atoms with Crippen LogP contribution in [0.4, 0.5) is 14.5 Å². The van der Waals surface area contributed by atoms with E-state index in [-0.39, 0.29) is 17.8 Å². The van der Waals surface area contributed by atoms with E-state index in [4.69, 9.17) is 0 Å². The summed E-state index contributed by atoms with van der Waals surface area (Å²) in [6.45, 7) is 1.30. The summed E-state index contributed by atoms with van der Waals surface area (Å²) in [5, 5.41) is 3.89. The highest BCUT2D eigenvalue weighted by molar-refractivity contribution is 7.90. The number of nitrogens with zero attached hydrogens (tertiary/aromatic N) is 4. The number of anilines is 1. The van der Waals surface area contributed by atoms with E-state index in [1.165, 1.54) is 12.4 Å². The van der Waals surface area contributed by atoms with E-state index >= 15 is 8.78 Å². The minimum Gasteiger partial charge on any atom is -0.358 e. The van der Waals surface area contributed by atoms with Crippen LogP contribution >= 0.6 is 0 Å². The van der Waals surface area contributed by atoms with E-state index < -0.39 is 26.6 Å². The van der Waals surface area contributed by atoms with Crippen molar-refractivity contribution in [3.8, 4) is 11.3 Å². The first-order chi connectivity index (χ1) is 16.4. The van der Waals surface area contributed by atoms with E-state index in [0.717, 1.165) is 28.9 Å². The number of benzene rings is 1. The maximum absolute atomic E-state index is 15.2. The molecule has 0 saturated carbocycles. The topological polar surface area (TPSA) is 80.1 Å². The Hall–Kier alpha value is -3.37. The van der Waals surface area contributed by atoms with Crippen LogP contribution in [0, 0.1) is 11.6 Å². The molecule has 2 bridgehead atoms. The van der Waals surface area contributed by atoms with Gasteiger partial charge >= 0.3 is 0 Å². The normalized spacial score (nSPS) is 20.2. The maximum atomic E-state index is 15.2. The van der Waals surface area contributed by atoms with Gasteiger partial charge in [0, 0.05) is 54.7 Å². The average molecular weight is 482 g/mol. The van der Waals surface area contributed by atoms with Gasteiger partial charge in [0.15, 0.2) is 11.6 Å². The molecule has 6 rings (SSSR count). The van der Waals surface area contributed by atoms with Crippen LogP contribution in [0.5, 0.6) is 0 Å². The summed E-state index contributed by atoms with van der Waals surface area (Å²) in [5.41, 5.74) is 1.45. The van der Waals surface area contributed by atoms with Crippen LogP contribution < -0.4 is 10.2 Å². The first-order valence-electron chi connectivity index (χ1n) is 11.1. The molecule has 7 nitrogen and oxygen atoms in total. The molecule has 2 fully saturated rings. The Morgan fingerprint density at radius 1 is 1.00 bits per heavy atom. The van der Waals surface area contributed by atoms with Crippen molar-refractivity contribution in [3.63, 3.8) is 0 Å². The largest absolute Gasteiger partial charge is 0.358 e. The SMILES string of the molecule is O=S(=O)(c1cc(F)c(N2C3CCC2CNC3)c(F)c1)n1ccc2c(-c3ccccn3)cncc21. The second-order valence-electron chi connectivity index (χ2n) is 8.64. The molecular weight excluding hydrogens is 460 g/mol. The molecule has 2 aliphatic rings. The lowest BCUT2D eigenvalue weighted by Gasteiger charge is -2.37. The molecule has 2 unspecified atom stereocenters. The van der Waals surface area contributed by atoms with Gasteiger partial charge in [-0.15, -0.1) is 0 Å². The standard InChI is InChI=1S/C24H21F2N5O2S/c25-20-9-17(10-21(26)24(20)31-15-4-5-16(31)12-27-11-15)34(32,33)30-8-6-18-19(13-28-14-23(18)30)22-3-1-2-7-29-22/h1-3,6-10,13-16,27H,4-5,11-12H2. The smallest absolute Gasteiger partial charge is 0.268 e. The summed E-state index contributed by atoms with van der Waals surface area (Å²) in [5.74, 6) is -1.75. The maximum Gasteiger partial charge on any atom is 0.268 e. The zero-order valence-electron chi connectivity index (χ0n) is 18.0. The highest BCUT2D eigenvalue weighted by atomic mass is 32.2. The number of hydrogen-bond acceptors (Lipinski definition) is 6. The van der Waals surface area contributed by atoms with Gasteiger partial charge in [0.1, 0.15) is 5.69 Å². The van der Waals surface area contributed by atoms with Gasteiger partial charge in [-0.05, 0) is 43.2 Å². The fourth-order valence-electron chi connectivity index (χ4n) is 5.16. The minimum atomic E-state index is -4.28. The highest BCUT2D eigenvalue weighted by Crippen LogP contribution is 2.37. The number of aromatic nitrogens is 3. The molecule has 2 atom stereocenters. The van der Waals surface area contributed by atoms with Crippen LogP contribution in [0.1, 0.15) is 12.8 Å². The quantitative estimate of drug-likeness (QED) is 0.480. The fraction of sp³-hybridized carbons (Fsp3) is 0.250. The van der Waals surface area contributed by atoms with E-state index in [1.807, 2.05) is 6.07 Å². The van der Waals surface area contributed by atoms with Crippen molar-refractivity contribution >= 4 is 26.6 Å². The molecule has 10 heteroatoms. The molecule has 0 radical (unpaired) electrons. The van der Waals surface area contributed by atoms with E-state index in [2.05, 4.69) is 15.3 Å². The van der Waals surface area contributed by atoms with Gasteiger partial charge in [-0.3, -0.25) is 9.97 Å². The van der Waals surface area contributed by atoms with E-state index in [1.54, 1.807) is 35.5 Å². The predicted octanol–water partition coefficient (Wildman–Crippen LogP) is 3.55. The predicted molar refractivity (Wildman–Crippen MR) is 124 cm³/mol. The minimum absolute atomic E-state index is 0.00492. The fourth-order valence-corrected chi connectivity index (χ4v) is 6.52. The van der Waals surface area contributed by atoms with Crippen LogP contribution in [0.2, 0.25) is 0 Å². The average Bonchev–Trinajstić information content (AvgIpc) is 3.37. The molecule has 174 valence electrons. The van der Waals surface area contributed by atoms with Gasteiger partial charge in [-0.1, -0.05) is 6.07 Å². The van der Waals surface area contributed by atoms with Gasteiger partial charge < -0.3 is 10.2 Å². The molecule has 3 aromatic heterocycles. The van der Waals surface area contributed by atoms with Crippen LogP contribution in [0.3, 0.4) is 0 Å². The molecule has 34 heavy (non-hydrogen) atoms. The Balaban J connectivity index is 1.44. The van der Waals surface area contributed by atoms with Crippen molar-refractivity contribution in [1.29, 1.82) is 0 Å². The zero-order chi connectivity index (χ0) is 23.4. The summed E-state index contributed by atoms with van der Waals surface area (Å²) in [6, 6.07) is 8.86. The zero-order valence-corrected chi connectivity index (χ0v) is 18.8. The highest BCUT2D eigenvalue weighted by Gasteiger charge is 2.39. The van der Waals surface area contributed by atoms with Crippen molar-refractivity contribution in [1.82, 2.24) is 19.3 Å². The second kappa shape index (κ2) is 7.85. The number of pyridine rings is 2. The summed E-state index contributed by atoms with van der Waals surface area (Å²) in [6.07, 6.45) is 7.72. The third kappa shape index (κ3) is 3.20. The van der Waals surface area contributed by atoms with Crippen molar-refractivity contribution in [2.45, 2.75) is 29.8 Å². The third-order valence-electron chi connectivity index (χ3n) is 6.71. The van der Waals surface area contributed by atoms with E-state index in [0.29, 0.717) is 35.2 Å². The molecule has 2 aliphatic heterocycles. The third-order valence-corrected chi connectivity index (χ3v) is 8.37. The van der Waals surface area contributed by atoms with Crippen molar-refractivity contribution in [2.75, 3.05) is 18.0 Å². The molecule has 1 N–H and O–H groups in total. The van der Waals surface area contributed by atoms with Gasteiger partial charge in [0.25, 0.3) is 10.0 Å². The molecule has 0 spiro atoms.